The molecule has 32 heavy (non-hydrogen) atoms. The van der Waals surface area contributed by atoms with Crippen LogP contribution in [0.2, 0.25) is 0 Å². The van der Waals surface area contributed by atoms with Gasteiger partial charge in [0.05, 0.1) is 13.2 Å². The van der Waals surface area contributed by atoms with Gasteiger partial charge < -0.3 is 20.1 Å². The third kappa shape index (κ3) is 8.27. The van der Waals surface area contributed by atoms with Gasteiger partial charge in [0.1, 0.15) is 5.78 Å². The predicted molar refractivity (Wildman–Crippen MR) is 126 cm³/mol. The van der Waals surface area contributed by atoms with Crippen molar-refractivity contribution in [3.63, 3.8) is 0 Å². The number of carbonyl (C=O) groups excluding carboxylic acids is 1. The summed E-state index contributed by atoms with van der Waals surface area (Å²) >= 11 is 0. The summed E-state index contributed by atoms with van der Waals surface area (Å²) in [6, 6.07) is 0. The summed E-state index contributed by atoms with van der Waals surface area (Å²) in [4.78, 5) is 24.1. The summed E-state index contributed by atoms with van der Waals surface area (Å²) in [7, 11) is 0. The minimum Gasteiger partial charge on any atom is -0.477 e. The number of aliphatic hydroxyl groups is 2. The number of ketones is 1. The molecule has 0 aromatic rings. The van der Waals surface area contributed by atoms with E-state index in [4.69, 9.17) is 9.84 Å². The topological polar surface area (TPSA) is 104 Å². The molecular weight excluding hydrogens is 408 g/mol. The average molecular weight is 455 g/mol. The Morgan fingerprint density at radius 1 is 1.25 bits per heavy atom. The first-order valence-corrected chi connectivity index (χ1v) is 12.5. The van der Waals surface area contributed by atoms with Gasteiger partial charge in [0.15, 0.2) is 0 Å². The van der Waals surface area contributed by atoms with Crippen molar-refractivity contribution in [1.82, 2.24) is 0 Å². The normalized spacial score (nSPS) is 22.4. The molecule has 0 amide bonds. The lowest BCUT2D eigenvalue weighted by Gasteiger charge is -2.38. The molecule has 0 aromatic carbocycles. The fraction of sp³-hybridized carbons (Fsp3) is 0.846. The van der Waals surface area contributed by atoms with E-state index in [1.807, 2.05) is 0 Å². The van der Waals surface area contributed by atoms with Gasteiger partial charge in [0.25, 0.3) is 5.79 Å². The Bertz CT molecular complexity index is 599. The fourth-order valence-corrected chi connectivity index (χ4v) is 4.81. The maximum absolute atomic E-state index is 12.4. The minimum atomic E-state index is -2.35. The standard InChI is InChI=1S/C26H46O6/c1-5-7-11-20(6-2)12-10-13-21-15-16-23(28)22(21)14-8-9-17-25(3,4)26(31,24(29)30)32-19-18-27/h10,13,20-22,27,31H,5-9,11-12,14-19H2,1-4H3,(H,29,30)/t20?,21-,22+,26?/m0/s1. The van der Waals surface area contributed by atoms with Crippen LogP contribution in [-0.4, -0.2) is 46.1 Å². The Hall–Kier alpha value is -1.24. The fourth-order valence-electron chi connectivity index (χ4n) is 4.81. The Balaban J connectivity index is 2.57. The van der Waals surface area contributed by atoms with Crippen molar-refractivity contribution < 1.29 is 29.6 Å². The van der Waals surface area contributed by atoms with E-state index in [1.54, 1.807) is 13.8 Å². The quantitative estimate of drug-likeness (QED) is 0.160. The molecule has 1 saturated carbocycles. The molecule has 3 N–H and O–H groups in total. The average Bonchev–Trinajstić information content (AvgIpc) is 3.10. The number of aliphatic carboxylic acids is 1. The van der Waals surface area contributed by atoms with Crippen LogP contribution in [0.5, 0.6) is 0 Å². The molecule has 0 spiro atoms. The van der Waals surface area contributed by atoms with Crippen LogP contribution in [0.3, 0.4) is 0 Å². The molecule has 4 atom stereocenters. The van der Waals surface area contributed by atoms with Gasteiger partial charge in [-0.3, -0.25) is 4.79 Å². The second-order valence-electron chi connectivity index (χ2n) is 10.0. The number of hydrogen-bond acceptors (Lipinski definition) is 5. The number of unbranched alkanes of at least 4 members (excludes halogenated alkanes) is 2. The van der Waals surface area contributed by atoms with Gasteiger partial charge in [-0.1, -0.05) is 78.4 Å². The molecule has 0 heterocycles. The predicted octanol–water partition coefficient (Wildman–Crippen LogP) is 5.11. The zero-order chi connectivity index (χ0) is 24.2. The molecule has 6 nitrogen and oxygen atoms in total. The zero-order valence-corrected chi connectivity index (χ0v) is 20.6. The number of allylic oxidation sites excluding steroid dienone is 2. The molecule has 6 heteroatoms. The first-order chi connectivity index (χ1) is 15.1. The van der Waals surface area contributed by atoms with Crippen LogP contribution in [0.15, 0.2) is 12.2 Å². The van der Waals surface area contributed by atoms with Crippen LogP contribution in [0.4, 0.5) is 0 Å². The van der Waals surface area contributed by atoms with Gasteiger partial charge in [-0.15, -0.1) is 0 Å². The number of hydrogen-bond donors (Lipinski definition) is 3. The summed E-state index contributed by atoms with van der Waals surface area (Å²) in [6.07, 6.45) is 14.9. The number of aliphatic hydroxyl groups excluding tert-OH is 1. The number of Topliss-reactive ketones (excluding diaryl/α,β-unsaturated/α-hetero) is 1. The van der Waals surface area contributed by atoms with Crippen molar-refractivity contribution in [2.75, 3.05) is 13.2 Å². The summed E-state index contributed by atoms with van der Waals surface area (Å²) in [5.74, 6) is -2.37. The lowest BCUT2D eigenvalue weighted by Crippen LogP contribution is -2.54. The first-order valence-electron chi connectivity index (χ1n) is 12.5. The number of rotatable bonds is 17. The molecule has 1 aliphatic rings. The monoisotopic (exact) mass is 454 g/mol. The molecule has 2 unspecified atom stereocenters. The summed E-state index contributed by atoms with van der Waals surface area (Å²) in [5, 5.41) is 29.0. The SMILES string of the molecule is CCCCC(CC)CC=C[C@H]1CCC(=O)[C@@H]1CCCCC(C)(C)C(O)(OCCO)C(=O)O. The van der Waals surface area contributed by atoms with E-state index in [0.29, 0.717) is 31.0 Å². The van der Waals surface area contributed by atoms with Crippen molar-refractivity contribution in [3.8, 4) is 0 Å². The Morgan fingerprint density at radius 2 is 1.97 bits per heavy atom. The maximum atomic E-state index is 12.4. The van der Waals surface area contributed by atoms with E-state index in [-0.39, 0.29) is 19.1 Å². The van der Waals surface area contributed by atoms with Gasteiger partial charge >= 0.3 is 5.97 Å². The van der Waals surface area contributed by atoms with Crippen LogP contribution in [0.1, 0.15) is 98.3 Å². The summed E-state index contributed by atoms with van der Waals surface area (Å²) in [6.45, 7) is 7.19. The second kappa shape index (κ2) is 14.1. The van der Waals surface area contributed by atoms with E-state index in [2.05, 4.69) is 26.0 Å². The van der Waals surface area contributed by atoms with Crippen LogP contribution >= 0.6 is 0 Å². The number of carboxylic acid groups (broad SMARTS) is 1. The number of ether oxygens (including phenoxy) is 1. The Labute approximate surface area is 194 Å². The lowest BCUT2D eigenvalue weighted by molar-refractivity contribution is -0.268. The Kier molecular flexibility index (Phi) is 12.7. The third-order valence-corrected chi connectivity index (χ3v) is 7.23. The number of carbonyl (C=O) groups is 2. The molecule has 0 saturated heterocycles. The zero-order valence-electron chi connectivity index (χ0n) is 20.6. The smallest absolute Gasteiger partial charge is 0.364 e. The molecule has 186 valence electrons. The van der Waals surface area contributed by atoms with Crippen LogP contribution in [0.25, 0.3) is 0 Å². The molecule has 0 aliphatic heterocycles. The van der Waals surface area contributed by atoms with Gasteiger partial charge in [0.2, 0.25) is 0 Å². The summed E-state index contributed by atoms with van der Waals surface area (Å²) < 4.78 is 5.11. The van der Waals surface area contributed by atoms with E-state index in [0.717, 1.165) is 31.6 Å². The third-order valence-electron chi connectivity index (χ3n) is 7.23. The minimum absolute atomic E-state index is 0.0501. The van der Waals surface area contributed by atoms with Gasteiger partial charge in [0, 0.05) is 17.8 Å². The highest BCUT2D eigenvalue weighted by molar-refractivity contribution is 5.83. The number of carboxylic acids is 1. The maximum Gasteiger partial charge on any atom is 0.364 e. The van der Waals surface area contributed by atoms with Crippen molar-refractivity contribution >= 4 is 11.8 Å². The molecule has 0 bridgehead atoms. The van der Waals surface area contributed by atoms with Crippen molar-refractivity contribution in [1.29, 1.82) is 0 Å². The molecule has 0 aromatic heterocycles. The summed E-state index contributed by atoms with van der Waals surface area (Å²) in [5.41, 5.74) is -1.03. The lowest BCUT2D eigenvalue weighted by atomic mass is 9.77. The molecule has 0 radical (unpaired) electrons. The van der Waals surface area contributed by atoms with Crippen LogP contribution in [-0.2, 0) is 14.3 Å². The second-order valence-corrected chi connectivity index (χ2v) is 10.0. The van der Waals surface area contributed by atoms with Crippen LogP contribution in [0, 0.1) is 23.2 Å². The molecule has 1 aliphatic carbocycles. The van der Waals surface area contributed by atoms with Gasteiger partial charge in [-0.25, -0.2) is 4.79 Å². The van der Waals surface area contributed by atoms with Crippen molar-refractivity contribution in [2.45, 2.75) is 104 Å². The van der Waals surface area contributed by atoms with Gasteiger partial charge in [-0.2, -0.15) is 0 Å². The highest BCUT2D eigenvalue weighted by Gasteiger charge is 2.51. The first kappa shape index (κ1) is 28.8. The van der Waals surface area contributed by atoms with Crippen molar-refractivity contribution in [3.05, 3.63) is 12.2 Å². The van der Waals surface area contributed by atoms with E-state index in [1.165, 1.54) is 25.7 Å². The molecule has 1 fully saturated rings. The largest absolute Gasteiger partial charge is 0.477 e. The Morgan fingerprint density at radius 3 is 2.56 bits per heavy atom. The van der Waals surface area contributed by atoms with Gasteiger partial charge in [-0.05, 0) is 37.5 Å². The van der Waals surface area contributed by atoms with E-state index >= 15 is 0 Å². The molecule has 1 rings (SSSR count). The highest BCUT2D eigenvalue weighted by atomic mass is 16.7. The van der Waals surface area contributed by atoms with Crippen LogP contribution < -0.4 is 0 Å². The van der Waals surface area contributed by atoms with E-state index in [9.17, 15) is 19.8 Å². The highest BCUT2D eigenvalue weighted by Crippen LogP contribution is 2.39. The van der Waals surface area contributed by atoms with Crippen molar-refractivity contribution in [2.24, 2.45) is 23.2 Å². The molecular formula is C26H46O6. The van der Waals surface area contributed by atoms with E-state index < -0.39 is 17.2 Å².